The maximum Gasteiger partial charge on any atom is 0.475 e. The molecule has 2 aromatic rings. The van der Waals surface area contributed by atoms with Crippen LogP contribution in [0.4, 0.5) is 19.0 Å². The summed E-state index contributed by atoms with van der Waals surface area (Å²) in [6.45, 7) is 7.33. The summed E-state index contributed by atoms with van der Waals surface area (Å²) in [6, 6.07) is 8.36. The average Bonchev–Trinajstić information content (AvgIpc) is 3.55. The minimum Gasteiger partial charge on any atom is -0.368 e. The fourth-order valence-electron chi connectivity index (χ4n) is 4.86. The molecule has 2 aliphatic heterocycles. The number of ether oxygens (including phenoxy) is 2. The fourth-order valence-corrected chi connectivity index (χ4v) is 6.30. The Kier molecular flexibility index (Phi) is 11.4. The number of aryl methyl sites for hydroxylation is 1. The highest BCUT2D eigenvalue weighted by Crippen LogP contribution is 2.57. The van der Waals surface area contributed by atoms with E-state index in [9.17, 15) is 32.1 Å². The van der Waals surface area contributed by atoms with Crippen LogP contribution in [0.25, 0.3) is 4.85 Å². The molecule has 2 saturated heterocycles. The number of unbranched alkanes of at least 4 members (excludes halogenated alkanes) is 3. The number of benzene rings is 1. The molecule has 3 heterocycles. The fraction of sp³-hybridized carbons (Fsp3) is 0.552. The molecule has 256 valence electrons. The third kappa shape index (κ3) is 9.25. The van der Waals surface area contributed by atoms with Gasteiger partial charge in [0.1, 0.15) is 30.2 Å². The van der Waals surface area contributed by atoms with Gasteiger partial charge in [0.25, 0.3) is 5.91 Å². The van der Waals surface area contributed by atoms with Gasteiger partial charge >= 0.3 is 25.6 Å². The molecule has 14 nitrogen and oxygen atoms in total. The van der Waals surface area contributed by atoms with Gasteiger partial charge in [-0.2, -0.15) is 18.2 Å². The highest BCUT2D eigenvalue weighted by molar-refractivity contribution is 7.48. The number of rotatable bonds is 16. The topological polar surface area (TPSA) is 161 Å². The molecule has 2 amide bonds. The summed E-state index contributed by atoms with van der Waals surface area (Å²) in [5.74, 6) is -2.44. The number of phosphoric acid groups is 1. The highest BCUT2D eigenvalue weighted by Gasteiger charge is 2.63. The minimum absolute atomic E-state index is 0.0364. The molecule has 4 rings (SSSR count). The molecule has 2 aliphatic rings. The van der Waals surface area contributed by atoms with Gasteiger partial charge in [-0.1, -0.05) is 31.0 Å². The lowest BCUT2D eigenvalue weighted by molar-refractivity contribution is -0.173. The Hall–Kier alpha value is -3.65. The monoisotopic (exact) mass is 686 g/mol. The van der Waals surface area contributed by atoms with Crippen LogP contribution >= 0.6 is 7.82 Å². The molecule has 2 N–H and O–H groups in total. The second kappa shape index (κ2) is 15.5. The maximum atomic E-state index is 13.7. The number of amides is 2. The van der Waals surface area contributed by atoms with Crippen molar-refractivity contribution in [2.24, 2.45) is 0 Å². The number of halogens is 3. The van der Waals surface area contributed by atoms with E-state index < -0.39 is 62.4 Å². The average molecular weight is 687 g/mol. The van der Waals surface area contributed by atoms with Crippen molar-refractivity contribution < 1.29 is 51.7 Å². The number of fused-ring (bicyclic) bond motifs is 2. The smallest absolute Gasteiger partial charge is 0.368 e. The van der Waals surface area contributed by atoms with Crippen molar-refractivity contribution in [3.8, 4) is 0 Å². The van der Waals surface area contributed by atoms with Crippen molar-refractivity contribution in [1.82, 2.24) is 14.9 Å². The van der Waals surface area contributed by atoms with Crippen LogP contribution in [-0.2, 0) is 32.4 Å². The lowest BCUT2D eigenvalue weighted by Crippen LogP contribution is -2.39. The molecule has 47 heavy (non-hydrogen) atoms. The van der Waals surface area contributed by atoms with Crippen molar-refractivity contribution >= 4 is 25.5 Å². The number of carbonyl (C=O) groups is 2. The predicted molar refractivity (Wildman–Crippen MR) is 159 cm³/mol. The number of phosphoric ester groups is 1. The lowest BCUT2D eigenvalue weighted by Gasteiger charge is -2.29. The molecule has 1 aromatic heterocycles. The van der Waals surface area contributed by atoms with E-state index in [4.69, 9.17) is 31.0 Å². The van der Waals surface area contributed by atoms with Crippen LogP contribution < -0.4 is 16.3 Å². The van der Waals surface area contributed by atoms with Crippen molar-refractivity contribution in [3.05, 3.63) is 69.6 Å². The largest absolute Gasteiger partial charge is 0.475 e. The Balaban J connectivity index is 1.40. The van der Waals surface area contributed by atoms with Crippen molar-refractivity contribution in [2.75, 3.05) is 38.2 Å². The van der Waals surface area contributed by atoms with E-state index >= 15 is 0 Å². The summed E-state index contributed by atoms with van der Waals surface area (Å²) in [5, 5.41) is 4.39. The Morgan fingerprint density at radius 2 is 1.94 bits per heavy atom. The summed E-state index contributed by atoms with van der Waals surface area (Å²) >= 11 is 0. The van der Waals surface area contributed by atoms with E-state index in [1.54, 1.807) is 42.6 Å². The number of nitrogens with zero attached hydrogens (tertiary/aromatic N) is 3. The number of carbonyl (C=O) groups excluding carboxylic acids is 2. The molecular formula is C29H35F3N5O9P. The minimum atomic E-state index is -4.95. The van der Waals surface area contributed by atoms with Gasteiger partial charge in [0, 0.05) is 25.2 Å². The lowest BCUT2D eigenvalue weighted by atomic mass is 10.0. The van der Waals surface area contributed by atoms with Crippen LogP contribution in [0.5, 0.6) is 0 Å². The van der Waals surface area contributed by atoms with Gasteiger partial charge < -0.3 is 25.0 Å². The highest BCUT2D eigenvalue weighted by atomic mass is 31.2. The third-order valence-electron chi connectivity index (χ3n) is 7.21. The van der Waals surface area contributed by atoms with E-state index in [2.05, 4.69) is 15.1 Å². The molecule has 1 aromatic carbocycles. The number of anilines is 1. The van der Waals surface area contributed by atoms with Gasteiger partial charge in [0.05, 0.1) is 13.2 Å². The second-order valence-corrected chi connectivity index (χ2v) is 12.4. The molecule has 0 aliphatic carbocycles. The summed E-state index contributed by atoms with van der Waals surface area (Å²) < 4.78 is 88.7. The summed E-state index contributed by atoms with van der Waals surface area (Å²) in [4.78, 5) is 43.8. The first-order chi connectivity index (χ1) is 22.8. The number of aromatic nitrogens is 2. The van der Waals surface area contributed by atoms with Crippen LogP contribution in [0.15, 0.2) is 41.3 Å². The Labute approximate surface area is 269 Å². The SMILES string of the molecule is [2H]C[C@@]12COC([C@H](n3cc(C)c(NC(=O)c4ccccc4)nc3=O)O1)[C@H]2OP(=O)(OCCCCCCNC(=O)C(F)(F)F)OCC[N+]#[C-]. The molecule has 0 spiro atoms. The zero-order valence-corrected chi connectivity index (χ0v) is 26.3. The molecule has 0 radical (unpaired) electrons. The van der Waals surface area contributed by atoms with Crippen molar-refractivity contribution in [2.45, 2.75) is 69.7 Å². The zero-order chi connectivity index (χ0) is 35.0. The van der Waals surface area contributed by atoms with Crippen LogP contribution in [0.1, 0.15) is 56.1 Å². The van der Waals surface area contributed by atoms with E-state index in [1.807, 2.05) is 0 Å². The van der Waals surface area contributed by atoms with E-state index in [0.29, 0.717) is 30.4 Å². The predicted octanol–water partition coefficient (Wildman–Crippen LogP) is 4.18. The van der Waals surface area contributed by atoms with Crippen molar-refractivity contribution in [3.63, 3.8) is 0 Å². The number of hydrogen-bond acceptors (Lipinski definition) is 10. The summed E-state index contributed by atoms with van der Waals surface area (Å²) in [6.07, 6.45) is -5.44. The summed E-state index contributed by atoms with van der Waals surface area (Å²) in [7, 11) is -4.39. The zero-order valence-electron chi connectivity index (χ0n) is 26.4. The van der Waals surface area contributed by atoms with Gasteiger partial charge in [-0.3, -0.25) is 27.7 Å². The molecule has 5 atom stereocenters. The van der Waals surface area contributed by atoms with E-state index in [-0.39, 0.29) is 45.1 Å². The number of nitrogens with one attached hydrogen (secondary N) is 2. The van der Waals surface area contributed by atoms with Gasteiger partial charge in [0.2, 0.25) is 6.54 Å². The first kappa shape index (κ1) is 34.7. The third-order valence-corrected chi connectivity index (χ3v) is 8.69. The summed E-state index contributed by atoms with van der Waals surface area (Å²) in [5.41, 5.74) is -1.48. The van der Waals surface area contributed by atoms with E-state index in [0.717, 1.165) is 4.57 Å². The van der Waals surface area contributed by atoms with Crippen molar-refractivity contribution in [1.29, 1.82) is 0 Å². The van der Waals surface area contributed by atoms with Gasteiger partial charge in [0.15, 0.2) is 6.23 Å². The van der Waals surface area contributed by atoms with Crippen LogP contribution in [0.3, 0.4) is 0 Å². The second-order valence-electron chi connectivity index (χ2n) is 10.8. The molecule has 2 unspecified atom stereocenters. The first-order valence-electron chi connectivity index (χ1n) is 15.3. The number of alkyl halides is 3. The molecule has 2 bridgehead atoms. The van der Waals surface area contributed by atoms with Crippen LogP contribution in [-0.4, -0.2) is 78.3 Å². The van der Waals surface area contributed by atoms with Gasteiger partial charge in [-0.05, 0) is 38.8 Å². The molecule has 0 saturated carbocycles. The quantitative estimate of drug-likeness (QED) is 0.149. The Morgan fingerprint density at radius 3 is 2.64 bits per heavy atom. The molecule has 18 heteroatoms. The van der Waals surface area contributed by atoms with Crippen LogP contribution in [0, 0.1) is 13.5 Å². The first-order valence-corrected chi connectivity index (χ1v) is 16.1. The normalized spacial score (nSPS) is 23.5. The van der Waals surface area contributed by atoms with Crippen LogP contribution in [0.2, 0.25) is 0 Å². The van der Waals surface area contributed by atoms with E-state index in [1.165, 1.54) is 6.20 Å². The maximum absolute atomic E-state index is 13.7. The molecular weight excluding hydrogens is 650 g/mol. The Morgan fingerprint density at radius 1 is 1.21 bits per heavy atom. The van der Waals surface area contributed by atoms with Gasteiger partial charge in [-0.15, -0.1) is 0 Å². The van der Waals surface area contributed by atoms with Gasteiger partial charge in [-0.25, -0.2) is 15.9 Å². The molecule has 2 fully saturated rings. The standard InChI is InChI=1S/C29H35F3N5O9P/c1-19-17-37(27(40)36-23(19)35-24(38)20-11-7-6-8-12-20)25-21-22(28(2,45-25)18-42-21)46-47(41,44-16-14-33-3)43-15-10-5-4-9-13-34-26(39)29(30,31)32/h6-8,11-12,17,21-22,25H,4-5,9-10,13-16,18H2,1-2H3,(H,34,39)(H,35,36,38,40)/t21?,22-,25-,28+,47?/m1/s1/i2D. The number of hydrogen-bond donors (Lipinski definition) is 2. The Bertz CT molecular complexity index is 1590.